The average molecular weight is 718 g/mol. The highest BCUT2D eigenvalue weighted by molar-refractivity contribution is 7.94. The summed E-state index contributed by atoms with van der Waals surface area (Å²) >= 11 is 0. The van der Waals surface area contributed by atoms with Crippen LogP contribution in [0.1, 0.15) is 56.9 Å². The Bertz CT molecular complexity index is 1840. The van der Waals surface area contributed by atoms with Gasteiger partial charge in [0.25, 0.3) is 0 Å². The molecule has 5 unspecified atom stereocenters. The molecule has 0 bridgehead atoms. The van der Waals surface area contributed by atoms with E-state index in [0.717, 1.165) is 18.2 Å². The maximum atomic E-state index is 14.3. The Kier molecular flexibility index (Phi) is 9.20. The number of pyridine rings is 1. The number of hydrogen-bond acceptors (Lipinski definition) is 8. The lowest BCUT2D eigenvalue weighted by atomic mass is 9.75. The molecule has 0 spiro atoms. The minimum absolute atomic E-state index is 0.0966. The molecule has 0 radical (unpaired) electrons. The van der Waals surface area contributed by atoms with E-state index in [0.29, 0.717) is 38.6 Å². The van der Waals surface area contributed by atoms with Gasteiger partial charge in [-0.1, -0.05) is 24.3 Å². The van der Waals surface area contributed by atoms with Gasteiger partial charge >= 0.3 is 12.3 Å². The summed E-state index contributed by atoms with van der Waals surface area (Å²) in [5.41, 5.74) is 2.74. The third-order valence-corrected chi connectivity index (χ3v) is 13.1. The molecule has 5 atom stereocenters. The third-order valence-electron chi connectivity index (χ3n) is 10.2. The number of rotatable bonds is 6. The maximum Gasteiger partial charge on any atom is 0.416 e. The second-order valence-corrected chi connectivity index (χ2v) is 16.0. The summed E-state index contributed by atoms with van der Waals surface area (Å²) in [4.78, 5) is 58.8. The number of nitrogens with one attached hydrogen (secondary N) is 2. The van der Waals surface area contributed by atoms with E-state index in [1.165, 1.54) is 18.1 Å². The monoisotopic (exact) mass is 717 g/mol. The van der Waals surface area contributed by atoms with Crippen molar-refractivity contribution >= 4 is 39.3 Å². The van der Waals surface area contributed by atoms with Crippen LogP contribution in [0, 0.1) is 17.3 Å². The fourth-order valence-electron chi connectivity index (χ4n) is 7.21. The van der Waals surface area contributed by atoms with E-state index < -0.39 is 85.3 Å². The molecule has 12 nitrogen and oxygen atoms in total. The summed E-state index contributed by atoms with van der Waals surface area (Å²) in [7, 11) is -2.37. The topological polar surface area (TPSA) is 178 Å². The largest absolute Gasteiger partial charge is 0.446 e. The van der Waals surface area contributed by atoms with E-state index in [-0.39, 0.29) is 29.8 Å². The van der Waals surface area contributed by atoms with Crippen LogP contribution in [0.25, 0.3) is 11.3 Å². The number of alkyl halides is 3. The molecule has 268 valence electrons. The predicted octanol–water partition coefficient (Wildman–Crippen LogP) is 4.17. The van der Waals surface area contributed by atoms with Crippen molar-refractivity contribution in [1.82, 2.24) is 15.2 Å². The number of ether oxygens (including phenoxy) is 1. The fraction of sp³-hybridized carbons (Fsp3) is 0.500. The van der Waals surface area contributed by atoms with Crippen molar-refractivity contribution in [2.45, 2.75) is 73.8 Å². The van der Waals surface area contributed by atoms with Crippen LogP contribution < -0.4 is 16.4 Å². The first-order chi connectivity index (χ1) is 23.6. The van der Waals surface area contributed by atoms with Gasteiger partial charge in [0.05, 0.1) is 28.1 Å². The minimum atomic E-state index is -4.73. The molecule has 2 aromatic rings. The van der Waals surface area contributed by atoms with Gasteiger partial charge in [0.1, 0.15) is 16.4 Å². The number of benzene rings is 1. The normalized spacial score (nSPS) is 28.9. The Hall–Kier alpha value is -4.47. The Labute approximate surface area is 286 Å². The number of aromatic nitrogens is 1. The molecule has 3 saturated carbocycles. The Balaban J connectivity index is 1.32. The van der Waals surface area contributed by atoms with Crippen molar-refractivity contribution in [3.8, 4) is 11.3 Å². The number of anilines is 1. The molecular weight excluding hydrogens is 679 g/mol. The van der Waals surface area contributed by atoms with Crippen LogP contribution in [0.5, 0.6) is 0 Å². The quantitative estimate of drug-likeness (QED) is 0.295. The van der Waals surface area contributed by atoms with Gasteiger partial charge < -0.3 is 20.7 Å². The zero-order valence-corrected chi connectivity index (χ0v) is 28.1. The molecule has 1 aromatic carbocycles. The number of carbonyl (C=O) groups excluding carboxylic acids is 4. The number of nitrogens with two attached hydrogens (primary N) is 1. The molecule has 3 aliphatic carbocycles. The molecule has 16 heteroatoms. The van der Waals surface area contributed by atoms with E-state index in [1.807, 2.05) is 6.08 Å². The average Bonchev–Trinajstić information content (AvgIpc) is 3.99. The zero-order chi connectivity index (χ0) is 36.1. The number of allylic oxidation sites excluding steroid dienone is 1. The fourth-order valence-corrected chi connectivity index (χ4v) is 9.71. The van der Waals surface area contributed by atoms with Crippen LogP contribution in [-0.4, -0.2) is 71.9 Å². The van der Waals surface area contributed by atoms with Crippen molar-refractivity contribution < 1.29 is 45.5 Å². The van der Waals surface area contributed by atoms with Gasteiger partial charge in [-0.2, -0.15) is 13.2 Å². The van der Waals surface area contributed by atoms with Gasteiger partial charge in [-0.3, -0.25) is 24.7 Å². The second kappa shape index (κ2) is 13.0. The molecule has 6 rings (SSSR count). The molecule has 1 aromatic heterocycles. The SMILES string of the molecule is CN1CCCCC=CC2CC2(S(=O)(=O)C2CC2)NC(=O)C2(C(N)=O)CC(OC(=O)Nc3cc(C(F)(F)F)ccc3-c3ccccn3)CC2C1=O. The lowest BCUT2D eigenvalue weighted by Gasteiger charge is -2.34. The molecule has 4 amide bonds. The van der Waals surface area contributed by atoms with Crippen molar-refractivity contribution in [3.63, 3.8) is 0 Å². The number of halogens is 3. The zero-order valence-electron chi connectivity index (χ0n) is 27.2. The van der Waals surface area contributed by atoms with Crippen molar-refractivity contribution in [3.05, 3.63) is 60.3 Å². The van der Waals surface area contributed by atoms with Gasteiger partial charge in [0, 0.05) is 37.7 Å². The van der Waals surface area contributed by atoms with Crippen molar-refractivity contribution in [1.29, 1.82) is 0 Å². The van der Waals surface area contributed by atoms with E-state index in [1.54, 1.807) is 24.3 Å². The van der Waals surface area contributed by atoms with Gasteiger partial charge in [0.2, 0.25) is 17.7 Å². The Morgan fingerprint density at radius 2 is 1.88 bits per heavy atom. The highest BCUT2D eigenvalue weighted by Gasteiger charge is 2.70. The molecule has 1 aliphatic heterocycles. The minimum Gasteiger partial charge on any atom is -0.446 e. The lowest BCUT2D eigenvalue weighted by Crippen LogP contribution is -2.59. The summed E-state index contributed by atoms with van der Waals surface area (Å²) in [5, 5.41) is 4.35. The third kappa shape index (κ3) is 6.44. The van der Waals surface area contributed by atoms with Gasteiger partial charge in [-0.25, -0.2) is 13.2 Å². The molecule has 3 fully saturated rings. The van der Waals surface area contributed by atoms with E-state index in [4.69, 9.17) is 10.5 Å². The van der Waals surface area contributed by atoms with Crippen molar-refractivity contribution in [2.24, 2.45) is 23.0 Å². The van der Waals surface area contributed by atoms with Crippen LogP contribution in [-0.2, 0) is 35.1 Å². The Morgan fingerprint density at radius 1 is 1.12 bits per heavy atom. The summed E-state index contributed by atoms with van der Waals surface area (Å²) in [6.07, 6.45) is -0.120. The summed E-state index contributed by atoms with van der Waals surface area (Å²) in [6.45, 7) is 0.293. The molecule has 0 saturated heterocycles. The number of hydrogen-bond donors (Lipinski definition) is 3. The van der Waals surface area contributed by atoms with Gasteiger partial charge in [-0.05, 0) is 69.2 Å². The first kappa shape index (κ1) is 35.4. The summed E-state index contributed by atoms with van der Waals surface area (Å²) in [5.74, 6) is -4.81. The molecular formula is C34H38F3N5O7S. The Morgan fingerprint density at radius 3 is 2.54 bits per heavy atom. The smallest absolute Gasteiger partial charge is 0.416 e. The van der Waals surface area contributed by atoms with Crippen molar-refractivity contribution in [2.75, 3.05) is 18.9 Å². The van der Waals surface area contributed by atoms with E-state index in [9.17, 15) is 40.8 Å². The summed E-state index contributed by atoms with van der Waals surface area (Å²) < 4.78 is 73.9. The number of sulfone groups is 1. The highest BCUT2D eigenvalue weighted by atomic mass is 32.2. The first-order valence-corrected chi connectivity index (χ1v) is 18.0. The maximum absolute atomic E-state index is 14.3. The van der Waals surface area contributed by atoms with Crippen LogP contribution in [0.3, 0.4) is 0 Å². The number of amides is 4. The second-order valence-electron chi connectivity index (χ2n) is 13.5. The van der Waals surface area contributed by atoms with Crippen LogP contribution in [0.2, 0.25) is 0 Å². The number of carbonyl (C=O) groups is 4. The highest BCUT2D eigenvalue weighted by Crippen LogP contribution is 2.55. The van der Waals surface area contributed by atoms with E-state index >= 15 is 0 Å². The molecule has 50 heavy (non-hydrogen) atoms. The predicted molar refractivity (Wildman–Crippen MR) is 174 cm³/mol. The number of primary amides is 1. The number of fused-ring (bicyclic) bond motifs is 2. The molecule has 4 N–H and O–H groups in total. The number of nitrogens with zero attached hydrogens (tertiary/aromatic N) is 2. The first-order valence-electron chi connectivity index (χ1n) is 16.5. The van der Waals surface area contributed by atoms with Crippen LogP contribution in [0.4, 0.5) is 23.7 Å². The standard InChI is InChI=1S/C34H38F3N5O7S/c1-42-15-7-3-2-4-8-21-18-33(21,50(47,48)23-11-12-23)41-30(45)32(29(38)44)19-22(17-25(32)28(42)43)49-31(46)40-27-16-20(34(35,36)37)10-13-24(27)26-9-5-6-14-39-26/h4-6,8-10,13-14,16,21-23,25H,2-3,7,11-12,15,17-19H2,1H3,(H2,38,44)(H,40,46)(H,41,45). The summed E-state index contributed by atoms with van der Waals surface area (Å²) in [6, 6.07) is 7.51. The lowest BCUT2D eigenvalue weighted by molar-refractivity contribution is -0.153. The van der Waals surface area contributed by atoms with E-state index in [2.05, 4.69) is 15.6 Å². The van der Waals surface area contributed by atoms with Crippen LogP contribution >= 0.6 is 0 Å². The van der Waals surface area contributed by atoms with Gasteiger partial charge in [-0.15, -0.1) is 0 Å². The van der Waals surface area contributed by atoms with Gasteiger partial charge in [0.15, 0.2) is 9.84 Å². The molecule has 2 heterocycles. The van der Waals surface area contributed by atoms with Crippen LogP contribution in [0.15, 0.2) is 54.7 Å². The molecule has 4 aliphatic rings.